The Morgan fingerprint density at radius 1 is 0.402 bits per heavy atom. The number of hydrogen-bond donors (Lipinski definition) is 12. The molecule has 12 N–H and O–H groups in total. The van der Waals surface area contributed by atoms with Crippen molar-refractivity contribution in [3.8, 4) is 0 Å². The number of aliphatic hydroxyl groups excluding tert-OH is 11. The summed E-state index contributed by atoms with van der Waals surface area (Å²) in [6.07, 6.45) is 28.9. The van der Waals surface area contributed by atoms with Gasteiger partial charge in [0.15, 0.2) is 18.9 Å². The average molecular weight is 1250 g/mol. The molecule has 0 spiro atoms. The first-order valence-electron chi connectivity index (χ1n) is 35.4. The Hall–Kier alpha value is -1.47. The maximum Gasteiger partial charge on any atom is 0.220 e. The second kappa shape index (κ2) is 51.0. The van der Waals surface area contributed by atoms with Crippen LogP contribution in [0.2, 0.25) is 0 Å². The van der Waals surface area contributed by atoms with E-state index in [0.717, 1.165) is 64.2 Å². The first kappa shape index (κ1) is 79.8. The molecule has 19 heteroatoms. The molecule has 0 aliphatic carbocycles. The highest BCUT2D eigenvalue weighted by molar-refractivity contribution is 5.76. The lowest BCUT2D eigenvalue weighted by molar-refractivity contribution is -0.379. The largest absolute Gasteiger partial charge is 0.394 e. The van der Waals surface area contributed by atoms with Crippen molar-refractivity contribution in [3.63, 3.8) is 0 Å². The summed E-state index contributed by atoms with van der Waals surface area (Å²) in [5.74, 6) is -0.250. The van der Waals surface area contributed by atoms with E-state index in [0.29, 0.717) is 12.8 Å². The van der Waals surface area contributed by atoms with Crippen LogP contribution < -0.4 is 5.32 Å². The number of carbonyl (C=O) groups is 1. The zero-order valence-corrected chi connectivity index (χ0v) is 54.3. The fourth-order valence-corrected chi connectivity index (χ4v) is 12.3. The van der Waals surface area contributed by atoms with E-state index in [9.17, 15) is 61.0 Å². The Balaban J connectivity index is 1.37. The van der Waals surface area contributed by atoms with Crippen molar-refractivity contribution in [2.45, 2.75) is 388 Å². The van der Waals surface area contributed by atoms with Crippen molar-refractivity contribution < 1.29 is 89.4 Å². The Bertz CT molecular complexity index is 1630. The second-order valence-electron chi connectivity index (χ2n) is 25.7. The van der Waals surface area contributed by atoms with Crippen LogP contribution in [0.1, 0.15) is 284 Å². The summed E-state index contributed by atoms with van der Waals surface area (Å²) in [5.41, 5.74) is 0. The predicted molar refractivity (Wildman–Crippen MR) is 337 cm³/mol. The molecular weight excluding hydrogens is 1120 g/mol. The molecule has 3 saturated heterocycles. The van der Waals surface area contributed by atoms with E-state index in [1.165, 1.54) is 186 Å². The molecule has 0 radical (unpaired) electrons. The first-order valence-corrected chi connectivity index (χ1v) is 35.4. The van der Waals surface area contributed by atoms with Gasteiger partial charge in [0.25, 0.3) is 0 Å². The van der Waals surface area contributed by atoms with Gasteiger partial charge in [-0.05, 0) is 38.5 Å². The molecule has 514 valence electrons. The van der Waals surface area contributed by atoms with Crippen LogP contribution in [0, 0.1) is 0 Å². The lowest BCUT2D eigenvalue weighted by Gasteiger charge is -2.48. The van der Waals surface area contributed by atoms with Crippen molar-refractivity contribution >= 4 is 5.91 Å². The van der Waals surface area contributed by atoms with Crippen molar-refractivity contribution in [2.24, 2.45) is 0 Å². The minimum absolute atomic E-state index is 0.250. The molecule has 0 aromatic rings. The Kier molecular flexibility index (Phi) is 46.8. The summed E-state index contributed by atoms with van der Waals surface area (Å²) >= 11 is 0. The van der Waals surface area contributed by atoms with E-state index in [2.05, 4.69) is 31.3 Å². The molecule has 3 aliphatic rings. The highest BCUT2D eigenvalue weighted by Crippen LogP contribution is 2.33. The summed E-state index contributed by atoms with van der Waals surface area (Å²) < 4.78 is 34.4. The highest BCUT2D eigenvalue weighted by Gasteiger charge is 2.53. The number of nitrogens with one attached hydrogen (secondary N) is 1. The minimum Gasteiger partial charge on any atom is -0.394 e. The third-order valence-electron chi connectivity index (χ3n) is 18.1. The van der Waals surface area contributed by atoms with Gasteiger partial charge in [-0.2, -0.15) is 0 Å². The lowest BCUT2D eigenvalue weighted by Crippen LogP contribution is -2.66. The maximum atomic E-state index is 13.4. The van der Waals surface area contributed by atoms with E-state index >= 15 is 0 Å². The van der Waals surface area contributed by atoms with Gasteiger partial charge in [0.2, 0.25) is 5.91 Å². The average Bonchev–Trinajstić information content (AvgIpc) is 3.24. The summed E-state index contributed by atoms with van der Waals surface area (Å²) in [6, 6.07) is -0.888. The van der Waals surface area contributed by atoms with Crippen LogP contribution in [0.3, 0.4) is 0 Å². The lowest BCUT2D eigenvalue weighted by atomic mass is 9.96. The van der Waals surface area contributed by atoms with E-state index < -0.39 is 124 Å². The van der Waals surface area contributed by atoms with Crippen molar-refractivity contribution in [1.29, 1.82) is 0 Å². The number of unbranched alkanes of at least 4 members (excludes halogenated alkanes) is 37. The summed E-state index contributed by atoms with van der Waals surface area (Å²) in [4.78, 5) is 13.4. The summed E-state index contributed by atoms with van der Waals surface area (Å²) in [5, 5.41) is 121. The molecule has 3 fully saturated rings. The van der Waals surface area contributed by atoms with E-state index in [1.54, 1.807) is 0 Å². The van der Waals surface area contributed by atoms with Crippen LogP contribution in [-0.2, 0) is 33.2 Å². The molecule has 19 nitrogen and oxygen atoms in total. The fraction of sp³-hybridized carbons (Fsp3) is 0.956. The molecule has 17 unspecified atom stereocenters. The third kappa shape index (κ3) is 33.3. The number of ether oxygens (including phenoxy) is 6. The van der Waals surface area contributed by atoms with Crippen LogP contribution in [-0.4, -0.2) is 193 Å². The van der Waals surface area contributed by atoms with Gasteiger partial charge in [0.05, 0.1) is 38.6 Å². The number of hydrogen-bond acceptors (Lipinski definition) is 18. The van der Waals surface area contributed by atoms with Gasteiger partial charge in [0, 0.05) is 6.42 Å². The molecule has 17 atom stereocenters. The van der Waals surface area contributed by atoms with Gasteiger partial charge in [-0.25, -0.2) is 0 Å². The first-order chi connectivity index (χ1) is 42.3. The van der Waals surface area contributed by atoms with Crippen LogP contribution >= 0.6 is 0 Å². The van der Waals surface area contributed by atoms with Gasteiger partial charge >= 0.3 is 0 Å². The molecule has 0 aromatic carbocycles. The molecule has 0 bridgehead atoms. The normalized spacial score (nSPS) is 28.6. The Morgan fingerprint density at radius 3 is 1.14 bits per heavy atom. The van der Waals surface area contributed by atoms with Crippen LogP contribution in [0.15, 0.2) is 12.2 Å². The smallest absolute Gasteiger partial charge is 0.220 e. The van der Waals surface area contributed by atoms with E-state index in [4.69, 9.17) is 28.4 Å². The van der Waals surface area contributed by atoms with Gasteiger partial charge in [0.1, 0.15) is 73.2 Å². The van der Waals surface area contributed by atoms with Gasteiger partial charge in [-0.15, -0.1) is 0 Å². The molecule has 0 saturated carbocycles. The van der Waals surface area contributed by atoms with E-state index in [-0.39, 0.29) is 18.9 Å². The molecule has 3 rings (SSSR count). The number of allylic oxidation sites excluding steroid dienone is 2. The maximum absolute atomic E-state index is 13.4. The highest BCUT2D eigenvalue weighted by atomic mass is 16.8. The quantitative estimate of drug-likeness (QED) is 0.0199. The third-order valence-corrected chi connectivity index (χ3v) is 18.1. The standard InChI is InChI=1S/C68H129NO18/c1-3-5-7-9-11-13-15-17-18-19-20-21-22-23-24-25-26-27-28-29-30-31-32-33-34-35-37-39-41-43-45-52(73)51(69-56(74)46-44-42-40-38-36-16-14-12-10-8-6-4-2)50-82-66-62(80)59(77)64(54(48-71)84-66)87-68-63(81)60(78)65(55(49-72)85-68)86-67-61(79)58(76)57(75)53(47-70)83-67/h12,14,51-55,57-68,70-73,75-81H,3-11,13,15-50H2,1-2H3,(H,69,74)/b14-12-. The number of amides is 1. The molecule has 3 heterocycles. The van der Waals surface area contributed by atoms with Crippen molar-refractivity contribution in [2.75, 3.05) is 26.4 Å². The zero-order chi connectivity index (χ0) is 63.3. The minimum atomic E-state index is -1.97. The molecule has 1 amide bonds. The zero-order valence-electron chi connectivity index (χ0n) is 54.3. The van der Waals surface area contributed by atoms with Crippen molar-refractivity contribution in [3.05, 3.63) is 12.2 Å². The predicted octanol–water partition coefficient (Wildman–Crippen LogP) is 9.28. The second-order valence-corrected chi connectivity index (χ2v) is 25.7. The van der Waals surface area contributed by atoms with Crippen LogP contribution in [0.4, 0.5) is 0 Å². The monoisotopic (exact) mass is 1250 g/mol. The van der Waals surface area contributed by atoms with E-state index in [1.807, 2.05) is 0 Å². The topological polar surface area (TPSA) is 307 Å². The molecular formula is C68H129NO18. The van der Waals surface area contributed by atoms with Gasteiger partial charge < -0.3 is 89.9 Å². The molecule has 87 heavy (non-hydrogen) atoms. The number of rotatable bonds is 55. The number of aliphatic hydroxyl groups is 11. The summed E-state index contributed by atoms with van der Waals surface area (Å²) in [7, 11) is 0. The molecule has 3 aliphatic heterocycles. The van der Waals surface area contributed by atoms with Gasteiger partial charge in [-0.3, -0.25) is 4.79 Å². The van der Waals surface area contributed by atoms with Gasteiger partial charge in [-0.1, -0.05) is 251 Å². The van der Waals surface area contributed by atoms with Crippen LogP contribution in [0.25, 0.3) is 0 Å². The SMILES string of the molecule is CCCCC/C=C\CCCCCCCC(=O)NC(COC1OC(CO)C(OC2OC(CO)C(OC3OC(CO)C(O)C(O)C3O)C(O)C2O)C(O)C1O)C(O)CCCCCCCCCCCCCCCCCCCCCCCCCCCCCCCC. The van der Waals surface area contributed by atoms with Crippen molar-refractivity contribution in [1.82, 2.24) is 5.32 Å². The molecule has 0 aromatic heterocycles. The van der Waals surface area contributed by atoms with Crippen LogP contribution in [0.5, 0.6) is 0 Å². The Labute approximate surface area is 525 Å². The Morgan fingerprint density at radius 2 is 0.724 bits per heavy atom. The fourth-order valence-electron chi connectivity index (χ4n) is 12.3. The summed E-state index contributed by atoms with van der Waals surface area (Å²) in [6.45, 7) is 1.79. The number of carbonyl (C=O) groups excluding carboxylic acids is 1.